The van der Waals surface area contributed by atoms with Gasteiger partial charge in [0.05, 0.1) is 11.9 Å². The first-order valence-electron chi connectivity index (χ1n) is 5.72. The maximum Gasteiger partial charge on any atom is 0.271 e. The molecule has 1 aromatic heterocycles. The Hall–Kier alpha value is -1.17. The number of nitrogens with zero attached hydrogens (tertiary/aromatic N) is 2. The van der Waals surface area contributed by atoms with E-state index in [4.69, 9.17) is 5.73 Å². The number of rotatable bonds is 6. The minimum Gasteiger partial charge on any atom is -0.396 e. The summed E-state index contributed by atoms with van der Waals surface area (Å²) in [5, 5.41) is 6.88. The zero-order valence-electron chi connectivity index (χ0n) is 10.6. The van der Waals surface area contributed by atoms with Crippen LogP contribution in [0.1, 0.15) is 30.8 Å². The predicted octanol–water partition coefficient (Wildman–Crippen LogP) is 1.26. The zero-order chi connectivity index (χ0) is 12.8. The third-order valence-electron chi connectivity index (χ3n) is 2.46. The van der Waals surface area contributed by atoms with E-state index in [-0.39, 0.29) is 11.9 Å². The first kappa shape index (κ1) is 13.9. The van der Waals surface area contributed by atoms with E-state index in [1.54, 1.807) is 7.05 Å². The van der Waals surface area contributed by atoms with Crippen LogP contribution in [0.5, 0.6) is 0 Å². The molecular weight excluding hydrogens is 236 g/mol. The second kappa shape index (κ2) is 6.54. The number of carbonyl (C=O) groups excluding carboxylic acids is 1. The molecule has 1 amide bonds. The predicted molar refractivity (Wildman–Crippen MR) is 72.2 cm³/mol. The number of amides is 1. The molecule has 0 saturated carbocycles. The molecule has 96 valence electrons. The van der Waals surface area contributed by atoms with E-state index in [0.717, 1.165) is 17.9 Å². The SMILES string of the molecule is CCSCCC(C)NC(=O)c1c(N)cnn1C. The highest BCUT2D eigenvalue weighted by atomic mass is 32.2. The molecule has 0 spiro atoms. The standard InChI is InChI=1S/C11H20N4OS/c1-4-17-6-5-8(2)14-11(16)10-9(12)7-13-15(10)3/h7-8H,4-6,12H2,1-3H3,(H,14,16). The lowest BCUT2D eigenvalue weighted by molar-refractivity contribution is 0.0931. The van der Waals surface area contributed by atoms with Crippen LogP contribution in [0.4, 0.5) is 5.69 Å². The van der Waals surface area contributed by atoms with Crippen molar-refractivity contribution in [2.24, 2.45) is 7.05 Å². The van der Waals surface area contributed by atoms with Gasteiger partial charge in [0.25, 0.3) is 5.91 Å². The van der Waals surface area contributed by atoms with Gasteiger partial charge in [-0.25, -0.2) is 0 Å². The van der Waals surface area contributed by atoms with Crippen LogP contribution in [0.25, 0.3) is 0 Å². The Morgan fingerprint density at radius 2 is 2.41 bits per heavy atom. The molecule has 3 N–H and O–H groups in total. The fourth-order valence-corrected chi connectivity index (χ4v) is 2.31. The van der Waals surface area contributed by atoms with E-state index < -0.39 is 0 Å². The van der Waals surface area contributed by atoms with Gasteiger partial charge in [-0.15, -0.1) is 0 Å². The number of hydrogen-bond donors (Lipinski definition) is 2. The molecule has 1 rings (SSSR count). The van der Waals surface area contributed by atoms with Crippen molar-refractivity contribution in [3.8, 4) is 0 Å². The number of thioether (sulfide) groups is 1. The monoisotopic (exact) mass is 256 g/mol. The summed E-state index contributed by atoms with van der Waals surface area (Å²) in [6.45, 7) is 4.13. The molecule has 0 aliphatic rings. The number of aromatic nitrogens is 2. The van der Waals surface area contributed by atoms with Crippen molar-refractivity contribution in [1.29, 1.82) is 0 Å². The summed E-state index contributed by atoms with van der Waals surface area (Å²) in [6.07, 6.45) is 2.45. The Labute approximate surface area is 106 Å². The van der Waals surface area contributed by atoms with Crippen LogP contribution in [0, 0.1) is 0 Å². The number of carbonyl (C=O) groups is 1. The summed E-state index contributed by atoms with van der Waals surface area (Å²) in [6, 6.07) is 0.149. The molecule has 1 atom stereocenters. The van der Waals surface area contributed by atoms with Gasteiger partial charge in [0.15, 0.2) is 0 Å². The molecule has 0 aromatic carbocycles. The number of nitrogens with two attached hydrogens (primary N) is 1. The van der Waals surface area contributed by atoms with Crippen LogP contribution >= 0.6 is 11.8 Å². The fourth-order valence-electron chi connectivity index (χ4n) is 1.50. The number of nitrogens with one attached hydrogen (secondary N) is 1. The van der Waals surface area contributed by atoms with Crippen molar-refractivity contribution < 1.29 is 4.79 Å². The van der Waals surface area contributed by atoms with Crippen LogP contribution in [0.15, 0.2) is 6.20 Å². The van der Waals surface area contributed by atoms with Gasteiger partial charge < -0.3 is 11.1 Å². The van der Waals surface area contributed by atoms with Gasteiger partial charge in [-0.05, 0) is 24.9 Å². The Morgan fingerprint density at radius 1 is 1.71 bits per heavy atom. The number of anilines is 1. The second-order valence-electron chi connectivity index (χ2n) is 3.93. The third-order valence-corrected chi connectivity index (χ3v) is 3.39. The van der Waals surface area contributed by atoms with Gasteiger partial charge in [-0.3, -0.25) is 9.48 Å². The quantitative estimate of drug-likeness (QED) is 0.752. The average Bonchev–Trinajstić information content (AvgIpc) is 2.58. The zero-order valence-corrected chi connectivity index (χ0v) is 11.4. The highest BCUT2D eigenvalue weighted by Gasteiger charge is 2.16. The van der Waals surface area contributed by atoms with Crippen molar-refractivity contribution in [2.75, 3.05) is 17.2 Å². The van der Waals surface area contributed by atoms with Gasteiger partial charge in [-0.1, -0.05) is 6.92 Å². The summed E-state index contributed by atoms with van der Waals surface area (Å²) < 4.78 is 1.50. The molecule has 5 nitrogen and oxygen atoms in total. The van der Waals surface area contributed by atoms with E-state index in [0.29, 0.717) is 11.4 Å². The summed E-state index contributed by atoms with van der Waals surface area (Å²) in [5.41, 5.74) is 6.54. The lowest BCUT2D eigenvalue weighted by atomic mass is 10.2. The summed E-state index contributed by atoms with van der Waals surface area (Å²) in [5.74, 6) is 2.00. The minimum absolute atomic E-state index is 0.149. The Balaban J connectivity index is 2.49. The molecule has 17 heavy (non-hydrogen) atoms. The van der Waals surface area contributed by atoms with Gasteiger partial charge in [-0.2, -0.15) is 16.9 Å². The molecule has 1 unspecified atom stereocenters. The van der Waals surface area contributed by atoms with E-state index >= 15 is 0 Å². The van der Waals surface area contributed by atoms with Crippen LogP contribution in [0.3, 0.4) is 0 Å². The lowest BCUT2D eigenvalue weighted by Crippen LogP contribution is -2.34. The normalized spacial score (nSPS) is 12.4. The van der Waals surface area contributed by atoms with Crippen molar-refractivity contribution in [3.05, 3.63) is 11.9 Å². The first-order chi connectivity index (χ1) is 8.06. The smallest absolute Gasteiger partial charge is 0.271 e. The van der Waals surface area contributed by atoms with Crippen LogP contribution in [-0.2, 0) is 7.05 Å². The van der Waals surface area contributed by atoms with E-state index in [1.165, 1.54) is 10.9 Å². The van der Waals surface area contributed by atoms with Gasteiger partial charge in [0.2, 0.25) is 0 Å². The molecule has 1 heterocycles. The van der Waals surface area contributed by atoms with Gasteiger partial charge >= 0.3 is 0 Å². The van der Waals surface area contributed by atoms with E-state index in [2.05, 4.69) is 17.3 Å². The molecule has 0 saturated heterocycles. The van der Waals surface area contributed by atoms with Crippen LogP contribution < -0.4 is 11.1 Å². The topological polar surface area (TPSA) is 72.9 Å². The fraction of sp³-hybridized carbons (Fsp3) is 0.636. The molecule has 0 aliphatic carbocycles. The van der Waals surface area contributed by atoms with Crippen molar-refractivity contribution in [2.45, 2.75) is 26.3 Å². The summed E-state index contributed by atoms with van der Waals surface area (Å²) in [4.78, 5) is 11.9. The molecule has 1 aromatic rings. The molecular formula is C11H20N4OS. The first-order valence-corrected chi connectivity index (χ1v) is 6.87. The lowest BCUT2D eigenvalue weighted by Gasteiger charge is -2.13. The Kier molecular flexibility index (Phi) is 5.34. The van der Waals surface area contributed by atoms with Crippen LogP contribution in [0.2, 0.25) is 0 Å². The highest BCUT2D eigenvalue weighted by molar-refractivity contribution is 7.99. The van der Waals surface area contributed by atoms with E-state index in [9.17, 15) is 4.79 Å². The van der Waals surface area contributed by atoms with Crippen LogP contribution in [-0.4, -0.2) is 33.2 Å². The molecule has 0 fully saturated rings. The molecule has 6 heteroatoms. The Bertz CT molecular complexity index is 358. The summed E-state index contributed by atoms with van der Waals surface area (Å²) in [7, 11) is 1.71. The Morgan fingerprint density at radius 3 is 2.94 bits per heavy atom. The molecule has 0 aliphatic heterocycles. The van der Waals surface area contributed by atoms with E-state index in [1.807, 2.05) is 18.7 Å². The molecule has 0 bridgehead atoms. The highest BCUT2D eigenvalue weighted by Crippen LogP contribution is 2.10. The maximum atomic E-state index is 11.9. The van der Waals surface area contributed by atoms with Crippen molar-refractivity contribution in [1.82, 2.24) is 15.1 Å². The van der Waals surface area contributed by atoms with Crippen molar-refractivity contribution >= 4 is 23.4 Å². The number of hydrogen-bond acceptors (Lipinski definition) is 4. The summed E-state index contributed by atoms with van der Waals surface area (Å²) >= 11 is 1.87. The largest absolute Gasteiger partial charge is 0.396 e. The number of nitrogen functional groups attached to an aromatic ring is 1. The minimum atomic E-state index is -0.156. The maximum absolute atomic E-state index is 11.9. The van der Waals surface area contributed by atoms with Gasteiger partial charge in [0.1, 0.15) is 5.69 Å². The second-order valence-corrected chi connectivity index (χ2v) is 5.33. The average molecular weight is 256 g/mol. The molecule has 0 radical (unpaired) electrons. The van der Waals surface area contributed by atoms with Gasteiger partial charge in [0, 0.05) is 13.1 Å². The van der Waals surface area contributed by atoms with Crippen molar-refractivity contribution in [3.63, 3.8) is 0 Å². The third kappa shape index (κ3) is 3.96. The number of aryl methyl sites for hydroxylation is 1.